The number of nitrogens with zero attached hydrogens (tertiary/aromatic N) is 1. The second-order valence-electron chi connectivity index (χ2n) is 4.75. The highest BCUT2D eigenvalue weighted by Crippen LogP contribution is 2.27. The van der Waals surface area contributed by atoms with Gasteiger partial charge in [0.2, 0.25) is 0 Å². The monoisotopic (exact) mass is 398 g/mol. The molecule has 0 spiro atoms. The van der Waals surface area contributed by atoms with Crippen molar-refractivity contribution in [3.05, 3.63) is 56.7 Å². The van der Waals surface area contributed by atoms with Gasteiger partial charge in [-0.1, -0.05) is 6.07 Å². The van der Waals surface area contributed by atoms with Gasteiger partial charge in [0.15, 0.2) is 0 Å². The van der Waals surface area contributed by atoms with E-state index >= 15 is 0 Å². The summed E-state index contributed by atoms with van der Waals surface area (Å²) in [7, 11) is 0. The third kappa shape index (κ3) is 4.58. The normalized spacial score (nSPS) is 12.2. The number of hydrogen-bond donors (Lipinski definition) is 1. The van der Waals surface area contributed by atoms with Crippen LogP contribution in [0.2, 0.25) is 0 Å². The number of rotatable bonds is 5. The van der Waals surface area contributed by atoms with Gasteiger partial charge < -0.3 is 10.5 Å². The zero-order valence-electron chi connectivity index (χ0n) is 11.1. The first-order valence-corrected chi connectivity index (χ1v) is 7.89. The number of nitrogens with two attached hydrogens (primary N) is 1. The third-order valence-corrected chi connectivity index (χ3v) is 3.76. The van der Waals surface area contributed by atoms with Crippen LogP contribution in [0, 0.1) is 0 Å². The van der Waals surface area contributed by atoms with Crippen LogP contribution in [0.15, 0.2) is 45.6 Å². The van der Waals surface area contributed by atoms with E-state index in [4.69, 9.17) is 10.5 Å². The predicted octanol–water partition coefficient (Wildman–Crippen LogP) is 4.08. The number of ether oxygens (including phenoxy) is 1. The summed E-state index contributed by atoms with van der Waals surface area (Å²) in [6, 6.07) is 8.21. The Bertz CT molecular complexity index is 588. The van der Waals surface area contributed by atoms with Gasteiger partial charge in [0.25, 0.3) is 0 Å². The van der Waals surface area contributed by atoms with Crippen molar-refractivity contribution in [3.63, 3.8) is 0 Å². The Morgan fingerprint density at radius 1 is 1.20 bits per heavy atom. The molecule has 0 saturated carbocycles. The average molecular weight is 400 g/mol. The van der Waals surface area contributed by atoms with Gasteiger partial charge >= 0.3 is 0 Å². The van der Waals surface area contributed by atoms with Crippen LogP contribution in [-0.4, -0.2) is 11.0 Å². The summed E-state index contributed by atoms with van der Waals surface area (Å²) in [4.78, 5) is 4.11. The van der Waals surface area contributed by atoms with Crippen LogP contribution >= 0.6 is 31.9 Å². The Morgan fingerprint density at radius 3 is 2.65 bits per heavy atom. The number of pyridine rings is 1. The lowest BCUT2D eigenvalue weighted by molar-refractivity contribution is 0.303. The van der Waals surface area contributed by atoms with Crippen LogP contribution in [0.3, 0.4) is 0 Å². The van der Waals surface area contributed by atoms with Gasteiger partial charge in [-0.15, -0.1) is 0 Å². The molecule has 0 aliphatic carbocycles. The number of benzene rings is 1. The molecule has 0 radical (unpaired) electrons. The fourth-order valence-electron chi connectivity index (χ4n) is 1.86. The molecule has 0 amide bonds. The van der Waals surface area contributed by atoms with Crippen molar-refractivity contribution >= 4 is 31.9 Å². The van der Waals surface area contributed by atoms with Crippen LogP contribution in [0.5, 0.6) is 5.75 Å². The molecule has 1 aromatic carbocycles. The molecule has 0 fully saturated rings. The molecular weight excluding hydrogens is 384 g/mol. The summed E-state index contributed by atoms with van der Waals surface area (Å²) in [5, 5.41) is 0. The zero-order chi connectivity index (χ0) is 14.5. The molecule has 20 heavy (non-hydrogen) atoms. The lowest BCUT2D eigenvalue weighted by Gasteiger charge is -2.11. The number of halogens is 2. The lowest BCUT2D eigenvalue weighted by Crippen LogP contribution is -2.17. The van der Waals surface area contributed by atoms with E-state index in [1.54, 1.807) is 12.4 Å². The standard InChI is InChI=1S/C15H16Br2N2O/c1-10(18)4-11-2-3-15(14(17)6-11)20-9-12-5-13(16)8-19-7-12/h2-3,5-8,10H,4,9,18H2,1H3. The van der Waals surface area contributed by atoms with Gasteiger partial charge in [0.1, 0.15) is 12.4 Å². The second-order valence-corrected chi connectivity index (χ2v) is 6.52. The Balaban J connectivity index is 2.03. The lowest BCUT2D eigenvalue weighted by atomic mass is 10.1. The van der Waals surface area contributed by atoms with E-state index in [1.807, 2.05) is 25.1 Å². The van der Waals surface area contributed by atoms with E-state index in [2.05, 4.69) is 42.9 Å². The van der Waals surface area contributed by atoms with Crippen molar-refractivity contribution in [1.29, 1.82) is 0 Å². The summed E-state index contributed by atoms with van der Waals surface area (Å²) >= 11 is 6.93. The maximum Gasteiger partial charge on any atom is 0.134 e. The first kappa shape index (κ1) is 15.5. The Hall–Kier alpha value is -0.910. The molecule has 0 aliphatic rings. The van der Waals surface area contributed by atoms with E-state index in [0.29, 0.717) is 6.61 Å². The highest BCUT2D eigenvalue weighted by molar-refractivity contribution is 9.10. The molecule has 3 nitrogen and oxygen atoms in total. The maximum absolute atomic E-state index is 5.80. The molecule has 1 unspecified atom stereocenters. The van der Waals surface area contributed by atoms with E-state index < -0.39 is 0 Å². The van der Waals surface area contributed by atoms with Gasteiger partial charge in [-0.2, -0.15) is 0 Å². The topological polar surface area (TPSA) is 48.1 Å². The van der Waals surface area contributed by atoms with E-state index in [0.717, 1.165) is 26.7 Å². The average Bonchev–Trinajstić information content (AvgIpc) is 2.37. The summed E-state index contributed by atoms with van der Waals surface area (Å²) in [5.74, 6) is 0.818. The fourth-order valence-corrected chi connectivity index (χ4v) is 2.81. The van der Waals surface area contributed by atoms with Crippen LogP contribution in [-0.2, 0) is 13.0 Å². The minimum absolute atomic E-state index is 0.154. The molecule has 0 aliphatic heterocycles. The first-order valence-electron chi connectivity index (χ1n) is 6.31. The molecular formula is C15H16Br2N2O. The molecule has 0 bridgehead atoms. The van der Waals surface area contributed by atoms with Crippen molar-refractivity contribution in [2.24, 2.45) is 5.73 Å². The highest BCUT2D eigenvalue weighted by Gasteiger charge is 2.05. The Kier molecular flexibility index (Phi) is 5.57. The molecule has 2 N–H and O–H groups in total. The highest BCUT2D eigenvalue weighted by atomic mass is 79.9. The molecule has 1 heterocycles. The summed E-state index contributed by atoms with van der Waals surface area (Å²) in [5.41, 5.74) is 8.02. The van der Waals surface area contributed by atoms with Crippen molar-refractivity contribution < 1.29 is 4.74 Å². The van der Waals surface area contributed by atoms with Crippen LogP contribution in [0.4, 0.5) is 0 Å². The minimum atomic E-state index is 0.154. The first-order chi connectivity index (χ1) is 9.54. The van der Waals surface area contributed by atoms with Gasteiger partial charge in [0, 0.05) is 28.5 Å². The summed E-state index contributed by atoms with van der Waals surface area (Å²) < 4.78 is 7.69. The molecule has 106 valence electrons. The summed E-state index contributed by atoms with van der Waals surface area (Å²) in [6.45, 7) is 2.48. The van der Waals surface area contributed by atoms with E-state index in [-0.39, 0.29) is 6.04 Å². The third-order valence-electron chi connectivity index (χ3n) is 2.71. The molecule has 1 aromatic heterocycles. The van der Waals surface area contributed by atoms with Crippen molar-refractivity contribution in [3.8, 4) is 5.75 Å². The fraction of sp³-hybridized carbons (Fsp3) is 0.267. The summed E-state index contributed by atoms with van der Waals surface area (Å²) in [6.07, 6.45) is 4.40. The van der Waals surface area contributed by atoms with Crippen LogP contribution < -0.4 is 10.5 Å². The molecule has 5 heteroatoms. The second kappa shape index (κ2) is 7.20. The van der Waals surface area contributed by atoms with Crippen molar-refractivity contribution in [2.75, 3.05) is 0 Å². The van der Waals surface area contributed by atoms with Crippen LogP contribution in [0.1, 0.15) is 18.1 Å². The zero-order valence-corrected chi connectivity index (χ0v) is 14.3. The van der Waals surface area contributed by atoms with Gasteiger partial charge in [0.05, 0.1) is 4.47 Å². The predicted molar refractivity (Wildman–Crippen MR) is 87.8 cm³/mol. The minimum Gasteiger partial charge on any atom is -0.488 e. The molecule has 2 aromatic rings. The molecule has 1 atom stereocenters. The van der Waals surface area contributed by atoms with Crippen molar-refractivity contribution in [2.45, 2.75) is 26.0 Å². The number of hydrogen-bond acceptors (Lipinski definition) is 3. The maximum atomic E-state index is 5.80. The van der Waals surface area contributed by atoms with Crippen LogP contribution in [0.25, 0.3) is 0 Å². The Morgan fingerprint density at radius 2 is 2.00 bits per heavy atom. The Labute approximate surface area is 135 Å². The quantitative estimate of drug-likeness (QED) is 0.823. The van der Waals surface area contributed by atoms with Gasteiger partial charge in [-0.3, -0.25) is 4.98 Å². The smallest absolute Gasteiger partial charge is 0.134 e. The molecule has 2 rings (SSSR count). The van der Waals surface area contributed by atoms with Crippen molar-refractivity contribution in [1.82, 2.24) is 4.98 Å². The molecule has 0 saturated heterocycles. The van der Waals surface area contributed by atoms with E-state index in [1.165, 1.54) is 5.56 Å². The largest absolute Gasteiger partial charge is 0.488 e. The van der Waals surface area contributed by atoms with Gasteiger partial charge in [-0.05, 0) is 69.0 Å². The number of aromatic nitrogens is 1. The van der Waals surface area contributed by atoms with Gasteiger partial charge in [-0.25, -0.2) is 0 Å². The van der Waals surface area contributed by atoms with E-state index in [9.17, 15) is 0 Å². The SMILES string of the molecule is CC(N)Cc1ccc(OCc2cncc(Br)c2)c(Br)c1.